The number of hydrogen-bond donors (Lipinski definition) is 1. The predicted octanol–water partition coefficient (Wildman–Crippen LogP) is 4.75. The first kappa shape index (κ1) is 17.7. The Balaban J connectivity index is 1.68. The summed E-state index contributed by atoms with van der Waals surface area (Å²) < 4.78 is 16.7. The second kappa shape index (κ2) is 7.48. The summed E-state index contributed by atoms with van der Waals surface area (Å²) >= 11 is 0. The van der Waals surface area contributed by atoms with Crippen LogP contribution in [0, 0.1) is 0 Å². The molecule has 0 bridgehead atoms. The average Bonchev–Trinajstić information content (AvgIpc) is 2.76. The lowest BCUT2D eigenvalue weighted by Crippen LogP contribution is -2.03. The molecule has 0 atom stereocenters. The van der Waals surface area contributed by atoms with Crippen LogP contribution in [0.25, 0.3) is 22.3 Å². The second-order valence-electron chi connectivity index (χ2n) is 6.27. The molecule has 0 saturated carbocycles. The molecule has 5 nitrogen and oxygen atoms in total. The quantitative estimate of drug-likeness (QED) is 0.546. The van der Waals surface area contributed by atoms with Crippen LogP contribution in [-0.2, 0) is 6.61 Å². The molecule has 0 radical (unpaired) electrons. The van der Waals surface area contributed by atoms with Crippen LogP contribution < -0.4 is 14.9 Å². The van der Waals surface area contributed by atoms with E-state index in [2.05, 4.69) is 0 Å². The van der Waals surface area contributed by atoms with Gasteiger partial charge in [0.15, 0.2) is 5.76 Å². The molecule has 4 rings (SSSR count). The summed E-state index contributed by atoms with van der Waals surface area (Å²) in [7, 11) is 1.57. The second-order valence-corrected chi connectivity index (χ2v) is 6.27. The first-order valence-corrected chi connectivity index (χ1v) is 8.76. The van der Waals surface area contributed by atoms with Gasteiger partial charge in [0.2, 0.25) is 11.2 Å². The fraction of sp³-hybridized carbons (Fsp3) is 0.0870. The van der Waals surface area contributed by atoms with Gasteiger partial charge in [0.25, 0.3) is 0 Å². The number of benzene rings is 3. The highest BCUT2D eigenvalue weighted by atomic mass is 16.5. The van der Waals surface area contributed by atoms with Crippen LogP contribution in [0.5, 0.6) is 17.2 Å². The molecule has 5 heteroatoms. The lowest BCUT2D eigenvalue weighted by Gasteiger charge is -2.09. The van der Waals surface area contributed by atoms with E-state index < -0.39 is 11.2 Å². The SMILES string of the molecule is COc1ccc(-c2oc3ccc(OCc4ccccc4)cc3c(=O)c2O)cc1. The van der Waals surface area contributed by atoms with Crippen molar-refractivity contribution in [3.8, 4) is 28.6 Å². The highest BCUT2D eigenvalue weighted by Crippen LogP contribution is 2.32. The Kier molecular flexibility index (Phi) is 4.72. The van der Waals surface area contributed by atoms with Crippen LogP contribution in [-0.4, -0.2) is 12.2 Å². The summed E-state index contributed by atoms with van der Waals surface area (Å²) in [6.07, 6.45) is 0. The molecule has 28 heavy (non-hydrogen) atoms. The number of aromatic hydroxyl groups is 1. The molecule has 0 unspecified atom stereocenters. The molecule has 0 aliphatic heterocycles. The van der Waals surface area contributed by atoms with Gasteiger partial charge in [0.05, 0.1) is 12.5 Å². The van der Waals surface area contributed by atoms with Gasteiger partial charge in [-0.3, -0.25) is 4.79 Å². The first-order valence-electron chi connectivity index (χ1n) is 8.76. The van der Waals surface area contributed by atoms with Crippen LogP contribution in [0.15, 0.2) is 82.0 Å². The van der Waals surface area contributed by atoms with Crippen LogP contribution in [0.4, 0.5) is 0 Å². The van der Waals surface area contributed by atoms with Crippen LogP contribution in [0.3, 0.4) is 0 Å². The zero-order valence-electron chi connectivity index (χ0n) is 15.2. The Labute approximate surface area is 161 Å². The van der Waals surface area contributed by atoms with Crippen LogP contribution in [0.2, 0.25) is 0 Å². The summed E-state index contributed by atoms with van der Waals surface area (Å²) in [6.45, 7) is 0.383. The molecule has 1 heterocycles. The molecule has 1 aromatic heterocycles. The Morgan fingerprint density at radius 2 is 1.64 bits per heavy atom. The predicted molar refractivity (Wildman–Crippen MR) is 107 cm³/mol. The molecule has 0 amide bonds. The van der Waals surface area contributed by atoms with Crippen molar-refractivity contribution in [2.24, 2.45) is 0 Å². The zero-order chi connectivity index (χ0) is 19.5. The molecule has 0 saturated heterocycles. The van der Waals surface area contributed by atoms with E-state index in [-0.39, 0.29) is 11.1 Å². The number of ether oxygens (including phenoxy) is 2. The van der Waals surface area contributed by atoms with E-state index in [4.69, 9.17) is 13.9 Å². The van der Waals surface area contributed by atoms with Gasteiger partial charge in [-0.2, -0.15) is 0 Å². The van der Waals surface area contributed by atoms with Gasteiger partial charge in [-0.05, 0) is 48.0 Å². The van der Waals surface area contributed by atoms with E-state index in [1.165, 1.54) is 0 Å². The maximum Gasteiger partial charge on any atom is 0.235 e. The molecule has 1 N–H and O–H groups in total. The molecular formula is C23H18O5. The van der Waals surface area contributed by atoms with E-state index in [1.54, 1.807) is 49.6 Å². The Hall–Kier alpha value is -3.73. The van der Waals surface area contributed by atoms with Crippen molar-refractivity contribution in [3.63, 3.8) is 0 Å². The molecule has 0 fully saturated rings. The van der Waals surface area contributed by atoms with Crippen LogP contribution >= 0.6 is 0 Å². The number of methoxy groups -OCH3 is 1. The normalized spacial score (nSPS) is 10.8. The van der Waals surface area contributed by atoms with Crippen LogP contribution in [0.1, 0.15) is 5.56 Å². The summed E-state index contributed by atoms with van der Waals surface area (Å²) in [5.41, 5.74) is 1.48. The van der Waals surface area contributed by atoms with Crippen molar-refractivity contribution >= 4 is 11.0 Å². The molecule has 3 aromatic carbocycles. The van der Waals surface area contributed by atoms with Gasteiger partial charge in [0.1, 0.15) is 23.7 Å². The maximum absolute atomic E-state index is 12.7. The third-order valence-corrected chi connectivity index (χ3v) is 4.44. The van der Waals surface area contributed by atoms with Crippen molar-refractivity contribution in [3.05, 3.63) is 88.6 Å². The highest BCUT2D eigenvalue weighted by Gasteiger charge is 2.16. The Bertz CT molecular complexity index is 1160. The fourth-order valence-corrected chi connectivity index (χ4v) is 2.93. The minimum atomic E-state index is -0.503. The van der Waals surface area contributed by atoms with E-state index in [0.29, 0.717) is 29.3 Å². The average molecular weight is 374 g/mol. The topological polar surface area (TPSA) is 68.9 Å². The highest BCUT2D eigenvalue weighted by molar-refractivity contribution is 5.83. The summed E-state index contributed by atoms with van der Waals surface area (Å²) in [4.78, 5) is 12.7. The van der Waals surface area contributed by atoms with E-state index in [9.17, 15) is 9.90 Å². The fourth-order valence-electron chi connectivity index (χ4n) is 2.93. The van der Waals surface area contributed by atoms with E-state index >= 15 is 0 Å². The smallest absolute Gasteiger partial charge is 0.235 e. The molecule has 0 aliphatic carbocycles. The van der Waals surface area contributed by atoms with Crippen molar-refractivity contribution in [1.29, 1.82) is 0 Å². The van der Waals surface area contributed by atoms with E-state index in [1.807, 2.05) is 30.3 Å². The minimum absolute atomic E-state index is 0.123. The summed E-state index contributed by atoms with van der Waals surface area (Å²) in [6, 6.07) is 21.6. The van der Waals surface area contributed by atoms with Gasteiger partial charge >= 0.3 is 0 Å². The maximum atomic E-state index is 12.7. The summed E-state index contributed by atoms with van der Waals surface area (Å²) in [5, 5.41) is 10.7. The van der Waals surface area contributed by atoms with E-state index in [0.717, 1.165) is 5.56 Å². The van der Waals surface area contributed by atoms with Gasteiger partial charge in [-0.1, -0.05) is 30.3 Å². The molecule has 140 valence electrons. The molecular weight excluding hydrogens is 356 g/mol. The van der Waals surface area contributed by atoms with Gasteiger partial charge in [-0.25, -0.2) is 0 Å². The zero-order valence-corrected chi connectivity index (χ0v) is 15.2. The Morgan fingerprint density at radius 1 is 0.929 bits per heavy atom. The summed E-state index contributed by atoms with van der Waals surface area (Å²) in [5.74, 6) is 0.891. The third-order valence-electron chi connectivity index (χ3n) is 4.44. The van der Waals surface area contributed by atoms with Gasteiger partial charge in [-0.15, -0.1) is 0 Å². The van der Waals surface area contributed by atoms with Crippen molar-refractivity contribution < 1.29 is 19.0 Å². The number of hydrogen-bond acceptors (Lipinski definition) is 5. The van der Waals surface area contributed by atoms with Gasteiger partial charge in [0, 0.05) is 5.56 Å². The lowest BCUT2D eigenvalue weighted by atomic mass is 10.1. The van der Waals surface area contributed by atoms with Gasteiger partial charge < -0.3 is 19.0 Å². The third kappa shape index (κ3) is 3.42. The molecule has 4 aromatic rings. The number of rotatable bonds is 5. The van der Waals surface area contributed by atoms with Crippen molar-refractivity contribution in [2.75, 3.05) is 7.11 Å². The standard InChI is InChI=1S/C23H18O5/c1-26-17-9-7-16(8-10-17)23-22(25)21(24)19-13-18(11-12-20(19)28-23)27-14-15-5-3-2-4-6-15/h2-13,25H,14H2,1H3. The van der Waals surface area contributed by atoms with Crippen molar-refractivity contribution in [2.45, 2.75) is 6.61 Å². The monoisotopic (exact) mass is 374 g/mol. The molecule has 0 spiro atoms. The van der Waals surface area contributed by atoms with Crippen molar-refractivity contribution in [1.82, 2.24) is 0 Å². The molecule has 0 aliphatic rings. The largest absolute Gasteiger partial charge is 0.502 e. The first-order chi connectivity index (χ1) is 13.7. The minimum Gasteiger partial charge on any atom is -0.502 e. The lowest BCUT2D eigenvalue weighted by molar-refractivity contribution is 0.306. The number of fused-ring (bicyclic) bond motifs is 1. The Morgan fingerprint density at radius 3 is 2.36 bits per heavy atom.